The van der Waals surface area contributed by atoms with Gasteiger partial charge in [-0.25, -0.2) is 0 Å². The molecular formula is C27H30ClN5O3. The molecular weight excluding hydrogens is 478 g/mol. The average molecular weight is 508 g/mol. The fraction of sp³-hybridized carbons (Fsp3) is 0.333. The van der Waals surface area contributed by atoms with Crippen LogP contribution in [0.2, 0.25) is 5.02 Å². The van der Waals surface area contributed by atoms with Crippen molar-refractivity contribution < 1.29 is 14.3 Å². The van der Waals surface area contributed by atoms with Gasteiger partial charge in [0.2, 0.25) is 5.91 Å². The van der Waals surface area contributed by atoms with Crippen LogP contribution in [-0.2, 0) is 4.79 Å². The predicted octanol–water partition coefficient (Wildman–Crippen LogP) is 4.01. The van der Waals surface area contributed by atoms with Crippen molar-refractivity contribution in [2.75, 3.05) is 51.3 Å². The Morgan fingerprint density at radius 3 is 2.42 bits per heavy atom. The Hall–Kier alpha value is -3.65. The molecule has 0 unspecified atom stereocenters. The zero-order chi connectivity index (χ0) is 25.5. The Morgan fingerprint density at radius 1 is 0.972 bits per heavy atom. The summed E-state index contributed by atoms with van der Waals surface area (Å²) in [5, 5.41) is 9.42. The first kappa shape index (κ1) is 25.4. The van der Waals surface area contributed by atoms with Crippen LogP contribution in [0.5, 0.6) is 5.75 Å². The minimum Gasteiger partial charge on any atom is -0.497 e. The molecule has 1 aliphatic rings. The van der Waals surface area contributed by atoms with E-state index in [1.54, 1.807) is 36.3 Å². The highest BCUT2D eigenvalue weighted by Crippen LogP contribution is 2.26. The van der Waals surface area contributed by atoms with E-state index in [4.69, 9.17) is 16.3 Å². The van der Waals surface area contributed by atoms with Crippen molar-refractivity contribution in [3.8, 4) is 17.0 Å². The van der Waals surface area contributed by atoms with Crippen LogP contribution in [0, 0.1) is 0 Å². The molecule has 1 aromatic heterocycles. The van der Waals surface area contributed by atoms with Gasteiger partial charge in [-0.1, -0.05) is 29.8 Å². The molecule has 0 N–H and O–H groups in total. The molecule has 1 fully saturated rings. The summed E-state index contributed by atoms with van der Waals surface area (Å²) in [7, 11) is 1.58. The summed E-state index contributed by atoms with van der Waals surface area (Å²) in [6.07, 6.45) is 0.804. The van der Waals surface area contributed by atoms with Crippen LogP contribution in [-0.4, -0.2) is 78.2 Å². The molecule has 0 bridgehead atoms. The van der Waals surface area contributed by atoms with Gasteiger partial charge in [-0.05, 0) is 55.8 Å². The summed E-state index contributed by atoms with van der Waals surface area (Å²) in [5.41, 5.74) is 2.10. The molecule has 2 heterocycles. The molecule has 0 radical (unpaired) electrons. The van der Waals surface area contributed by atoms with Crippen molar-refractivity contribution in [3.63, 3.8) is 0 Å². The SMILES string of the molecule is CCN(CC(=O)N1CCCN(c2ccc(-c3ccccc3Cl)nn2)CC1)C(=O)c1ccc(OC)cc1. The van der Waals surface area contributed by atoms with Crippen LogP contribution >= 0.6 is 11.6 Å². The maximum absolute atomic E-state index is 13.1. The van der Waals surface area contributed by atoms with Crippen LogP contribution in [0.1, 0.15) is 23.7 Å². The van der Waals surface area contributed by atoms with Gasteiger partial charge < -0.3 is 19.4 Å². The quantitative estimate of drug-likeness (QED) is 0.481. The van der Waals surface area contributed by atoms with Crippen molar-refractivity contribution in [3.05, 3.63) is 71.2 Å². The summed E-state index contributed by atoms with van der Waals surface area (Å²) in [5.74, 6) is 1.23. The second-order valence-electron chi connectivity index (χ2n) is 8.53. The zero-order valence-corrected chi connectivity index (χ0v) is 21.3. The number of hydrogen-bond donors (Lipinski definition) is 0. The van der Waals surface area contributed by atoms with E-state index in [9.17, 15) is 9.59 Å². The van der Waals surface area contributed by atoms with Gasteiger partial charge in [0.05, 0.1) is 17.8 Å². The van der Waals surface area contributed by atoms with Crippen LogP contribution in [0.3, 0.4) is 0 Å². The maximum atomic E-state index is 13.1. The number of hydrogen-bond acceptors (Lipinski definition) is 6. The van der Waals surface area contributed by atoms with E-state index >= 15 is 0 Å². The second kappa shape index (κ2) is 11.9. The molecule has 1 aliphatic heterocycles. The Kier molecular flexibility index (Phi) is 8.38. The molecule has 4 rings (SSSR count). The molecule has 1 saturated heterocycles. The smallest absolute Gasteiger partial charge is 0.254 e. The van der Waals surface area contributed by atoms with Gasteiger partial charge in [0.25, 0.3) is 5.91 Å². The third-order valence-electron chi connectivity index (χ3n) is 6.30. The number of halogens is 1. The molecule has 0 saturated carbocycles. The van der Waals surface area contributed by atoms with Gasteiger partial charge in [-0.3, -0.25) is 9.59 Å². The summed E-state index contributed by atoms with van der Waals surface area (Å²) in [6.45, 7) is 4.98. The Bertz CT molecular complexity index is 1190. The number of ether oxygens (including phenoxy) is 1. The highest BCUT2D eigenvalue weighted by atomic mass is 35.5. The number of likely N-dealkylation sites (N-methyl/N-ethyl adjacent to an activating group) is 1. The number of rotatable bonds is 7. The van der Waals surface area contributed by atoms with E-state index in [0.717, 1.165) is 30.0 Å². The lowest BCUT2D eigenvalue weighted by molar-refractivity contribution is -0.131. The van der Waals surface area contributed by atoms with Crippen molar-refractivity contribution in [2.45, 2.75) is 13.3 Å². The van der Waals surface area contributed by atoms with E-state index in [0.29, 0.717) is 42.5 Å². The molecule has 188 valence electrons. The highest BCUT2D eigenvalue weighted by molar-refractivity contribution is 6.33. The molecule has 2 amide bonds. The standard InChI is InChI=1S/C27H30ClN5O3/c1-3-31(27(35)20-9-11-21(36-2)12-10-20)19-26(34)33-16-6-15-32(17-18-33)25-14-13-24(29-30-25)22-7-4-5-8-23(22)28/h4-5,7-14H,3,6,15-19H2,1-2H3. The number of benzene rings is 2. The number of anilines is 1. The van der Waals surface area contributed by atoms with E-state index in [-0.39, 0.29) is 18.4 Å². The monoisotopic (exact) mass is 507 g/mol. The lowest BCUT2D eigenvalue weighted by Crippen LogP contribution is -2.44. The average Bonchev–Trinajstić information content (AvgIpc) is 3.18. The molecule has 0 spiro atoms. The van der Waals surface area contributed by atoms with Gasteiger partial charge in [0.15, 0.2) is 5.82 Å². The van der Waals surface area contributed by atoms with Crippen molar-refractivity contribution in [1.29, 1.82) is 0 Å². The largest absolute Gasteiger partial charge is 0.497 e. The Labute approximate surface area is 216 Å². The summed E-state index contributed by atoms with van der Waals surface area (Å²) < 4.78 is 5.16. The van der Waals surface area contributed by atoms with Gasteiger partial charge >= 0.3 is 0 Å². The lowest BCUT2D eigenvalue weighted by Gasteiger charge is -2.26. The van der Waals surface area contributed by atoms with Crippen LogP contribution in [0.15, 0.2) is 60.7 Å². The Balaban J connectivity index is 1.36. The number of carbonyl (C=O) groups is 2. The molecule has 0 atom stereocenters. The Morgan fingerprint density at radius 2 is 1.75 bits per heavy atom. The summed E-state index contributed by atoms with van der Waals surface area (Å²) >= 11 is 6.28. The molecule has 2 aromatic carbocycles. The number of carbonyl (C=O) groups excluding carboxylic acids is 2. The first-order chi connectivity index (χ1) is 17.5. The number of aromatic nitrogens is 2. The van der Waals surface area contributed by atoms with E-state index in [2.05, 4.69) is 15.1 Å². The second-order valence-corrected chi connectivity index (χ2v) is 8.93. The number of amides is 2. The van der Waals surface area contributed by atoms with Gasteiger partial charge in [-0.2, -0.15) is 0 Å². The maximum Gasteiger partial charge on any atom is 0.254 e. The zero-order valence-electron chi connectivity index (χ0n) is 20.6. The third kappa shape index (κ3) is 5.94. The highest BCUT2D eigenvalue weighted by Gasteiger charge is 2.24. The fourth-order valence-electron chi connectivity index (χ4n) is 4.21. The summed E-state index contributed by atoms with van der Waals surface area (Å²) in [6, 6.07) is 18.3. The van der Waals surface area contributed by atoms with Gasteiger partial charge in [0, 0.05) is 43.9 Å². The first-order valence-corrected chi connectivity index (χ1v) is 12.4. The van der Waals surface area contributed by atoms with Crippen LogP contribution in [0.25, 0.3) is 11.3 Å². The fourth-order valence-corrected chi connectivity index (χ4v) is 4.44. The van der Waals surface area contributed by atoms with Crippen LogP contribution < -0.4 is 9.64 Å². The molecule has 3 aromatic rings. The van der Waals surface area contributed by atoms with Crippen molar-refractivity contribution in [1.82, 2.24) is 20.0 Å². The minimum atomic E-state index is -0.168. The van der Waals surface area contributed by atoms with Crippen LogP contribution in [0.4, 0.5) is 5.82 Å². The molecule has 8 nitrogen and oxygen atoms in total. The van der Waals surface area contributed by atoms with Gasteiger partial charge in [0.1, 0.15) is 12.3 Å². The molecule has 36 heavy (non-hydrogen) atoms. The number of methoxy groups -OCH3 is 1. The molecule has 9 heteroatoms. The van der Waals surface area contributed by atoms with E-state index in [1.165, 1.54) is 0 Å². The lowest BCUT2D eigenvalue weighted by atomic mass is 10.1. The van der Waals surface area contributed by atoms with E-state index in [1.807, 2.05) is 48.2 Å². The molecule has 0 aliphatic carbocycles. The van der Waals surface area contributed by atoms with Gasteiger partial charge in [-0.15, -0.1) is 10.2 Å². The van der Waals surface area contributed by atoms with E-state index < -0.39 is 0 Å². The number of nitrogens with zero attached hydrogens (tertiary/aromatic N) is 5. The third-order valence-corrected chi connectivity index (χ3v) is 6.63. The van der Waals surface area contributed by atoms with Crippen molar-refractivity contribution in [2.24, 2.45) is 0 Å². The van der Waals surface area contributed by atoms with Crippen molar-refractivity contribution >= 4 is 29.2 Å². The topological polar surface area (TPSA) is 78.9 Å². The minimum absolute atomic E-state index is 0.0493. The first-order valence-electron chi connectivity index (χ1n) is 12.0. The predicted molar refractivity (Wildman–Crippen MR) is 140 cm³/mol. The normalized spacial score (nSPS) is 13.8. The summed E-state index contributed by atoms with van der Waals surface area (Å²) in [4.78, 5) is 31.6.